The molecule has 0 radical (unpaired) electrons. The molecule has 182 valence electrons. The number of nitrogens with two attached hydrogens (primary N) is 1. The Hall–Kier alpha value is -2.12. The number of carbonyl (C=O) groups is 2. The Labute approximate surface area is 193 Å². The van der Waals surface area contributed by atoms with Gasteiger partial charge in [-0.25, -0.2) is 0 Å². The summed E-state index contributed by atoms with van der Waals surface area (Å²) >= 11 is 0. The van der Waals surface area contributed by atoms with E-state index in [1.807, 2.05) is 6.92 Å². The van der Waals surface area contributed by atoms with Crippen LogP contribution in [0.4, 0.5) is 0 Å². The summed E-state index contributed by atoms with van der Waals surface area (Å²) in [5, 5.41) is 18.7. The number of amides is 2. The smallest absolute Gasteiger partial charge is 0.242 e. The largest absolute Gasteiger partial charge is 0.508 e. The fourth-order valence-electron chi connectivity index (χ4n) is 3.51. The van der Waals surface area contributed by atoms with E-state index < -0.39 is 6.04 Å². The van der Waals surface area contributed by atoms with Crippen molar-refractivity contribution >= 4 is 11.8 Å². The number of benzene rings is 1. The highest BCUT2D eigenvalue weighted by atomic mass is 16.3. The Balaban J connectivity index is 2.21. The minimum atomic E-state index is -0.606. The zero-order chi connectivity index (χ0) is 23.4. The molecule has 0 aromatic heterocycles. The maximum Gasteiger partial charge on any atom is 0.242 e. The molecule has 0 saturated heterocycles. The molecule has 0 bridgehead atoms. The number of carbonyl (C=O) groups excluding carboxylic acids is 2. The van der Waals surface area contributed by atoms with E-state index in [4.69, 9.17) is 5.73 Å². The molecule has 1 atom stereocenters. The summed E-state index contributed by atoms with van der Waals surface area (Å²) in [6.45, 7) is 5.41. The molecule has 0 aliphatic heterocycles. The topological polar surface area (TPSA) is 116 Å². The van der Waals surface area contributed by atoms with Crippen molar-refractivity contribution in [1.29, 1.82) is 0 Å². The van der Waals surface area contributed by atoms with Crippen molar-refractivity contribution < 1.29 is 14.7 Å². The van der Waals surface area contributed by atoms with Crippen LogP contribution in [0.5, 0.6) is 5.75 Å². The van der Waals surface area contributed by atoms with Gasteiger partial charge < -0.3 is 26.8 Å². The molecule has 0 unspecified atom stereocenters. The van der Waals surface area contributed by atoms with Crippen LogP contribution < -0.4 is 21.7 Å². The summed E-state index contributed by atoms with van der Waals surface area (Å²) in [5.74, 6) is -0.0889. The summed E-state index contributed by atoms with van der Waals surface area (Å²) in [4.78, 5) is 24.7. The molecule has 2 amide bonds. The molecule has 0 spiro atoms. The SMILES string of the molecule is CCCC(=O)N[C@@H](Cc1ccc(O)cc1)C(=O)NCCCCCNCCCCCCCN. The Morgan fingerprint density at radius 1 is 0.906 bits per heavy atom. The van der Waals surface area contributed by atoms with Gasteiger partial charge in [0, 0.05) is 19.4 Å². The first-order chi connectivity index (χ1) is 15.6. The average Bonchev–Trinajstić information content (AvgIpc) is 2.78. The van der Waals surface area contributed by atoms with Gasteiger partial charge in [-0.05, 0) is 69.4 Å². The van der Waals surface area contributed by atoms with E-state index in [0.29, 0.717) is 19.4 Å². The Bertz CT molecular complexity index is 622. The number of phenols is 1. The highest BCUT2D eigenvalue weighted by molar-refractivity contribution is 5.87. The lowest BCUT2D eigenvalue weighted by Crippen LogP contribution is -2.48. The van der Waals surface area contributed by atoms with Crippen LogP contribution in [0.15, 0.2) is 24.3 Å². The molecule has 0 aliphatic carbocycles. The maximum atomic E-state index is 12.7. The second kappa shape index (κ2) is 18.5. The number of nitrogens with one attached hydrogen (secondary N) is 3. The van der Waals surface area contributed by atoms with Crippen molar-refractivity contribution in [3.63, 3.8) is 0 Å². The predicted molar refractivity (Wildman–Crippen MR) is 131 cm³/mol. The van der Waals surface area contributed by atoms with Crippen molar-refractivity contribution in [2.45, 2.75) is 83.6 Å². The lowest BCUT2D eigenvalue weighted by atomic mass is 10.0. The fraction of sp³-hybridized carbons (Fsp3) is 0.680. The van der Waals surface area contributed by atoms with Gasteiger partial charge in [0.1, 0.15) is 11.8 Å². The van der Waals surface area contributed by atoms with E-state index in [9.17, 15) is 14.7 Å². The molecule has 7 heteroatoms. The van der Waals surface area contributed by atoms with Gasteiger partial charge in [0.15, 0.2) is 0 Å². The second-order valence-corrected chi connectivity index (χ2v) is 8.40. The first kappa shape index (κ1) is 27.9. The van der Waals surface area contributed by atoms with Crippen LogP contribution in [0.2, 0.25) is 0 Å². The van der Waals surface area contributed by atoms with Gasteiger partial charge in [-0.2, -0.15) is 0 Å². The summed E-state index contributed by atoms with van der Waals surface area (Å²) < 4.78 is 0. The van der Waals surface area contributed by atoms with Crippen molar-refractivity contribution in [3.05, 3.63) is 29.8 Å². The van der Waals surface area contributed by atoms with Gasteiger partial charge in [-0.15, -0.1) is 0 Å². The highest BCUT2D eigenvalue weighted by Crippen LogP contribution is 2.12. The number of unbranched alkanes of at least 4 members (excludes halogenated alkanes) is 6. The number of phenolic OH excluding ortho intramolecular Hbond substituents is 1. The minimum absolute atomic E-state index is 0.114. The number of hydrogen-bond acceptors (Lipinski definition) is 5. The lowest BCUT2D eigenvalue weighted by molar-refractivity contribution is -0.129. The Kier molecular flexibility index (Phi) is 16.1. The van der Waals surface area contributed by atoms with Gasteiger partial charge in [0.25, 0.3) is 0 Å². The molecule has 0 fully saturated rings. The van der Waals surface area contributed by atoms with Crippen molar-refractivity contribution in [2.24, 2.45) is 5.73 Å². The first-order valence-electron chi connectivity index (χ1n) is 12.3. The van der Waals surface area contributed by atoms with Crippen LogP contribution in [0, 0.1) is 0 Å². The maximum absolute atomic E-state index is 12.7. The van der Waals surface area contributed by atoms with Crippen LogP contribution in [-0.4, -0.2) is 49.1 Å². The van der Waals surface area contributed by atoms with Gasteiger partial charge in [0.2, 0.25) is 11.8 Å². The van der Waals surface area contributed by atoms with Crippen molar-refractivity contribution in [2.75, 3.05) is 26.2 Å². The zero-order valence-corrected chi connectivity index (χ0v) is 19.8. The molecular formula is C25H44N4O3. The third kappa shape index (κ3) is 14.0. The molecule has 1 rings (SSSR count). The molecule has 0 saturated carbocycles. The molecule has 6 N–H and O–H groups in total. The second-order valence-electron chi connectivity index (χ2n) is 8.40. The predicted octanol–water partition coefficient (Wildman–Crippen LogP) is 3.00. The van der Waals surface area contributed by atoms with Crippen LogP contribution in [-0.2, 0) is 16.0 Å². The molecule has 0 aliphatic rings. The van der Waals surface area contributed by atoms with Gasteiger partial charge in [-0.3, -0.25) is 9.59 Å². The monoisotopic (exact) mass is 448 g/mol. The summed E-state index contributed by atoms with van der Waals surface area (Å²) in [7, 11) is 0. The quantitative estimate of drug-likeness (QED) is 0.209. The average molecular weight is 449 g/mol. The van der Waals surface area contributed by atoms with Gasteiger partial charge >= 0.3 is 0 Å². The van der Waals surface area contributed by atoms with Crippen LogP contribution in [0.25, 0.3) is 0 Å². The van der Waals surface area contributed by atoms with Crippen LogP contribution in [0.3, 0.4) is 0 Å². The lowest BCUT2D eigenvalue weighted by Gasteiger charge is -2.19. The Morgan fingerprint density at radius 3 is 2.16 bits per heavy atom. The van der Waals surface area contributed by atoms with E-state index in [-0.39, 0.29) is 17.6 Å². The van der Waals surface area contributed by atoms with Crippen molar-refractivity contribution in [3.8, 4) is 5.75 Å². The standard InChI is InChI=1S/C25H44N4O3/c1-2-11-24(31)29-23(20-21-12-14-22(30)15-13-21)25(32)28-19-10-6-9-18-27-17-8-5-3-4-7-16-26/h12-15,23,27,30H,2-11,16-20,26H2,1H3,(H,28,32)(H,29,31)/t23-/m0/s1. The molecule has 1 aromatic carbocycles. The molecule has 32 heavy (non-hydrogen) atoms. The van der Waals surface area contributed by atoms with Crippen LogP contribution >= 0.6 is 0 Å². The molecule has 0 heterocycles. The van der Waals surface area contributed by atoms with Gasteiger partial charge in [0.05, 0.1) is 0 Å². The first-order valence-corrected chi connectivity index (χ1v) is 12.3. The van der Waals surface area contributed by atoms with E-state index in [2.05, 4.69) is 16.0 Å². The number of aromatic hydroxyl groups is 1. The summed E-state index contributed by atoms with van der Waals surface area (Å²) in [5.41, 5.74) is 6.39. The fourth-order valence-corrected chi connectivity index (χ4v) is 3.51. The summed E-state index contributed by atoms with van der Waals surface area (Å²) in [6, 6.07) is 6.12. The Morgan fingerprint density at radius 2 is 1.50 bits per heavy atom. The zero-order valence-electron chi connectivity index (χ0n) is 19.8. The molecule has 1 aromatic rings. The number of hydrogen-bond donors (Lipinski definition) is 5. The number of rotatable bonds is 19. The van der Waals surface area contributed by atoms with Crippen molar-refractivity contribution in [1.82, 2.24) is 16.0 Å². The van der Waals surface area contributed by atoms with E-state index in [0.717, 1.165) is 57.3 Å². The van der Waals surface area contributed by atoms with E-state index in [1.54, 1.807) is 24.3 Å². The third-order valence-electron chi connectivity index (χ3n) is 5.39. The molecule has 7 nitrogen and oxygen atoms in total. The minimum Gasteiger partial charge on any atom is -0.508 e. The van der Waals surface area contributed by atoms with Gasteiger partial charge in [-0.1, -0.05) is 44.7 Å². The highest BCUT2D eigenvalue weighted by Gasteiger charge is 2.20. The van der Waals surface area contributed by atoms with E-state index in [1.165, 1.54) is 25.7 Å². The van der Waals surface area contributed by atoms with Crippen LogP contribution in [0.1, 0.15) is 76.7 Å². The third-order valence-corrected chi connectivity index (χ3v) is 5.39. The molecular weight excluding hydrogens is 404 g/mol. The van der Waals surface area contributed by atoms with E-state index >= 15 is 0 Å². The summed E-state index contributed by atoms with van der Waals surface area (Å²) in [6.07, 6.45) is 10.7. The normalized spacial score (nSPS) is 11.8.